The maximum absolute atomic E-state index is 11.0. The van der Waals surface area contributed by atoms with E-state index in [1.54, 1.807) is 0 Å². The van der Waals surface area contributed by atoms with Gasteiger partial charge in [-0.3, -0.25) is 0 Å². The van der Waals surface area contributed by atoms with Crippen molar-refractivity contribution in [2.75, 3.05) is 7.11 Å². The van der Waals surface area contributed by atoms with Crippen LogP contribution >= 0.6 is 0 Å². The molecule has 126 valence electrons. The van der Waals surface area contributed by atoms with Crippen molar-refractivity contribution in [2.45, 2.75) is 96.2 Å². The van der Waals surface area contributed by atoms with Gasteiger partial charge < -0.3 is 14.9 Å². The molecule has 0 spiro atoms. The van der Waals surface area contributed by atoms with Gasteiger partial charge in [0.05, 0.1) is 13.2 Å². The van der Waals surface area contributed by atoms with Crippen LogP contribution < -0.4 is 0 Å². The summed E-state index contributed by atoms with van der Waals surface area (Å²) in [5.41, 5.74) is 0. The molecule has 2 unspecified atom stereocenters. The monoisotopic (exact) mass is 302 g/mol. The molecule has 0 amide bonds. The second-order valence-corrected chi connectivity index (χ2v) is 5.86. The summed E-state index contributed by atoms with van der Waals surface area (Å²) in [6, 6.07) is 0. The predicted octanol–water partition coefficient (Wildman–Crippen LogP) is 3.58. The van der Waals surface area contributed by atoms with Crippen molar-refractivity contribution in [1.29, 1.82) is 0 Å². The SMILES string of the molecule is CCCCCCCCCCCCCC(O)C(O)C(=O)OC. The molecule has 2 N–H and O–H groups in total. The third-order valence-corrected chi connectivity index (χ3v) is 3.91. The number of carbonyl (C=O) groups excluding carboxylic acids is 1. The van der Waals surface area contributed by atoms with E-state index in [2.05, 4.69) is 11.7 Å². The van der Waals surface area contributed by atoms with Gasteiger partial charge in [0.25, 0.3) is 0 Å². The van der Waals surface area contributed by atoms with Crippen LogP contribution in [0, 0.1) is 0 Å². The molecular formula is C17H34O4. The Labute approximate surface area is 129 Å². The Morgan fingerprint density at radius 2 is 1.29 bits per heavy atom. The maximum atomic E-state index is 11.0. The molecule has 4 nitrogen and oxygen atoms in total. The van der Waals surface area contributed by atoms with Crippen molar-refractivity contribution >= 4 is 5.97 Å². The quantitative estimate of drug-likeness (QED) is 0.380. The van der Waals surface area contributed by atoms with E-state index >= 15 is 0 Å². The van der Waals surface area contributed by atoms with E-state index in [4.69, 9.17) is 0 Å². The van der Waals surface area contributed by atoms with Gasteiger partial charge in [0.15, 0.2) is 6.10 Å². The van der Waals surface area contributed by atoms with Gasteiger partial charge in [-0.05, 0) is 6.42 Å². The van der Waals surface area contributed by atoms with Crippen molar-refractivity contribution in [3.8, 4) is 0 Å². The smallest absolute Gasteiger partial charge is 0.337 e. The summed E-state index contributed by atoms with van der Waals surface area (Å²) >= 11 is 0. The van der Waals surface area contributed by atoms with Gasteiger partial charge >= 0.3 is 5.97 Å². The Kier molecular flexibility index (Phi) is 13.9. The number of aliphatic hydroxyl groups is 2. The Morgan fingerprint density at radius 1 is 0.857 bits per heavy atom. The zero-order valence-corrected chi connectivity index (χ0v) is 13.9. The summed E-state index contributed by atoms with van der Waals surface area (Å²) in [5, 5.41) is 19.0. The van der Waals surface area contributed by atoms with E-state index in [0.29, 0.717) is 6.42 Å². The first kappa shape index (κ1) is 20.4. The average molecular weight is 302 g/mol. The number of methoxy groups -OCH3 is 1. The molecule has 0 bridgehead atoms. The molecule has 2 atom stereocenters. The summed E-state index contributed by atoms with van der Waals surface area (Å²) in [4.78, 5) is 11.0. The van der Waals surface area contributed by atoms with Crippen molar-refractivity contribution in [2.24, 2.45) is 0 Å². The normalized spacial score (nSPS) is 13.9. The highest BCUT2D eigenvalue weighted by Gasteiger charge is 2.24. The van der Waals surface area contributed by atoms with Crippen LogP contribution in [0.1, 0.15) is 84.0 Å². The molecule has 0 saturated heterocycles. The van der Waals surface area contributed by atoms with Crippen LogP contribution in [0.5, 0.6) is 0 Å². The van der Waals surface area contributed by atoms with Gasteiger partial charge in [-0.15, -0.1) is 0 Å². The number of esters is 1. The molecule has 0 aliphatic rings. The fourth-order valence-corrected chi connectivity index (χ4v) is 2.45. The van der Waals surface area contributed by atoms with Gasteiger partial charge in [0.1, 0.15) is 0 Å². The molecule has 4 heteroatoms. The minimum atomic E-state index is -1.40. The zero-order valence-electron chi connectivity index (χ0n) is 13.9. The lowest BCUT2D eigenvalue weighted by Crippen LogP contribution is -2.34. The molecular weight excluding hydrogens is 268 g/mol. The third-order valence-electron chi connectivity index (χ3n) is 3.91. The minimum Gasteiger partial charge on any atom is -0.467 e. The highest BCUT2D eigenvalue weighted by molar-refractivity contribution is 5.74. The van der Waals surface area contributed by atoms with Crippen LogP contribution in [0.25, 0.3) is 0 Å². The van der Waals surface area contributed by atoms with Crippen molar-refractivity contribution in [3.63, 3.8) is 0 Å². The number of unbranched alkanes of at least 4 members (excludes halogenated alkanes) is 10. The molecule has 21 heavy (non-hydrogen) atoms. The van der Waals surface area contributed by atoms with Crippen LogP contribution in [0.3, 0.4) is 0 Å². The van der Waals surface area contributed by atoms with E-state index in [1.807, 2.05) is 0 Å². The molecule has 0 fully saturated rings. The summed E-state index contributed by atoms with van der Waals surface area (Å²) < 4.78 is 4.39. The average Bonchev–Trinajstić information content (AvgIpc) is 2.50. The minimum absolute atomic E-state index is 0.452. The zero-order chi connectivity index (χ0) is 15.9. The molecule has 0 aromatic heterocycles. The van der Waals surface area contributed by atoms with Crippen LogP contribution in [0.15, 0.2) is 0 Å². The predicted molar refractivity (Wildman–Crippen MR) is 85.1 cm³/mol. The third kappa shape index (κ3) is 11.7. The topological polar surface area (TPSA) is 66.8 Å². The first-order chi connectivity index (χ1) is 10.1. The van der Waals surface area contributed by atoms with Crippen molar-refractivity contribution < 1.29 is 19.7 Å². The first-order valence-electron chi connectivity index (χ1n) is 8.57. The highest BCUT2D eigenvalue weighted by atomic mass is 16.5. The highest BCUT2D eigenvalue weighted by Crippen LogP contribution is 2.13. The number of rotatable bonds is 14. The lowest BCUT2D eigenvalue weighted by molar-refractivity contribution is -0.156. The van der Waals surface area contributed by atoms with Gasteiger partial charge in [0, 0.05) is 0 Å². The molecule has 0 rings (SSSR count). The Hall–Kier alpha value is -0.610. The lowest BCUT2D eigenvalue weighted by Gasteiger charge is -2.15. The van der Waals surface area contributed by atoms with Crippen molar-refractivity contribution in [3.05, 3.63) is 0 Å². The standard InChI is InChI=1S/C17H34O4/c1-3-4-5-6-7-8-9-10-11-12-13-14-15(18)16(19)17(20)21-2/h15-16,18-19H,3-14H2,1-2H3. The molecule has 0 radical (unpaired) electrons. The van der Waals surface area contributed by atoms with E-state index in [-0.39, 0.29) is 0 Å². The van der Waals surface area contributed by atoms with Crippen LogP contribution in [-0.2, 0) is 9.53 Å². The molecule has 0 aliphatic heterocycles. The second-order valence-electron chi connectivity index (χ2n) is 5.86. The molecule has 0 saturated carbocycles. The molecule has 0 heterocycles. The molecule has 0 aliphatic carbocycles. The fourth-order valence-electron chi connectivity index (χ4n) is 2.45. The van der Waals surface area contributed by atoms with E-state index in [1.165, 1.54) is 58.5 Å². The first-order valence-corrected chi connectivity index (χ1v) is 8.57. The second kappa shape index (κ2) is 14.3. The summed E-state index contributed by atoms with van der Waals surface area (Å²) in [6.07, 6.45) is 11.7. The van der Waals surface area contributed by atoms with Gasteiger partial charge in [0.2, 0.25) is 0 Å². The Balaban J connectivity index is 3.30. The summed E-state index contributed by atoms with van der Waals surface area (Å²) in [5.74, 6) is -0.759. The van der Waals surface area contributed by atoms with Gasteiger partial charge in [-0.25, -0.2) is 4.79 Å². The molecule has 0 aromatic rings. The number of hydrogen-bond acceptors (Lipinski definition) is 4. The number of aliphatic hydroxyl groups excluding tert-OH is 2. The fraction of sp³-hybridized carbons (Fsp3) is 0.941. The van der Waals surface area contributed by atoms with Gasteiger partial charge in [-0.1, -0.05) is 77.6 Å². The number of hydrogen-bond donors (Lipinski definition) is 2. The summed E-state index contributed by atoms with van der Waals surface area (Å²) in [7, 11) is 1.21. The van der Waals surface area contributed by atoms with Crippen LogP contribution in [0.2, 0.25) is 0 Å². The Morgan fingerprint density at radius 3 is 1.71 bits per heavy atom. The maximum Gasteiger partial charge on any atom is 0.337 e. The van der Waals surface area contributed by atoms with E-state index in [9.17, 15) is 15.0 Å². The molecule has 0 aromatic carbocycles. The number of ether oxygens (including phenoxy) is 1. The largest absolute Gasteiger partial charge is 0.467 e. The Bertz CT molecular complexity index is 243. The van der Waals surface area contributed by atoms with E-state index < -0.39 is 18.2 Å². The van der Waals surface area contributed by atoms with Crippen molar-refractivity contribution in [1.82, 2.24) is 0 Å². The van der Waals surface area contributed by atoms with Crippen LogP contribution in [-0.4, -0.2) is 35.5 Å². The van der Waals surface area contributed by atoms with Crippen LogP contribution in [0.4, 0.5) is 0 Å². The van der Waals surface area contributed by atoms with Gasteiger partial charge in [-0.2, -0.15) is 0 Å². The van der Waals surface area contributed by atoms with E-state index in [0.717, 1.165) is 19.3 Å². The number of carbonyl (C=O) groups is 1. The lowest BCUT2D eigenvalue weighted by atomic mass is 10.0. The summed E-state index contributed by atoms with van der Waals surface area (Å²) in [6.45, 7) is 2.24.